The van der Waals surface area contributed by atoms with Crippen molar-refractivity contribution >= 4 is 54.7 Å². The van der Waals surface area contributed by atoms with Gasteiger partial charge in [0.2, 0.25) is 0 Å². The summed E-state index contributed by atoms with van der Waals surface area (Å²) >= 11 is 0. The normalized spacial score (nSPS) is 12.2. The molecule has 1 aliphatic heterocycles. The second-order valence-electron chi connectivity index (χ2n) is 10.7. The number of para-hydroxylation sites is 2. The minimum atomic E-state index is 1.16. The number of anilines is 2. The predicted octanol–water partition coefficient (Wildman–Crippen LogP) is 10.5. The van der Waals surface area contributed by atoms with Crippen LogP contribution in [-0.4, -0.2) is 4.57 Å². The van der Waals surface area contributed by atoms with Crippen molar-refractivity contribution in [1.29, 1.82) is 0 Å². The smallest absolute Gasteiger partial charge is 0.0547 e. The molecule has 2 nitrogen and oxygen atoms in total. The lowest BCUT2D eigenvalue weighted by Gasteiger charge is -2.24. The average molecular weight is 509 g/mol. The molecule has 0 unspecified atom stereocenters. The Balaban J connectivity index is 1.30. The Kier molecular flexibility index (Phi) is 4.36. The van der Waals surface area contributed by atoms with Crippen molar-refractivity contribution < 1.29 is 0 Å². The van der Waals surface area contributed by atoms with Gasteiger partial charge in [0.25, 0.3) is 0 Å². The largest absolute Gasteiger partial charge is 0.354 e. The summed E-state index contributed by atoms with van der Waals surface area (Å²) in [6, 6.07) is 50.8. The molecule has 2 heterocycles. The molecule has 0 radical (unpaired) electrons. The number of aromatic nitrogens is 1. The van der Waals surface area contributed by atoms with Crippen LogP contribution in [0.3, 0.4) is 0 Å². The summed E-state index contributed by atoms with van der Waals surface area (Å²) in [5.74, 6) is 0. The molecule has 1 N–H and O–H groups in total. The molecule has 9 rings (SSSR count). The van der Waals surface area contributed by atoms with Gasteiger partial charge in [-0.2, -0.15) is 0 Å². The van der Waals surface area contributed by atoms with E-state index in [0.29, 0.717) is 0 Å². The number of benzene rings is 7. The molecule has 7 aromatic carbocycles. The minimum Gasteiger partial charge on any atom is -0.354 e. The van der Waals surface area contributed by atoms with Crippen LogP contribution in [0.1, 0.15) is 0 Å². The molecule has 0 amide bonds. The second-order valence-corrected chi connectivity index (χ2v) is 10.7. The van der Waals surface area contributed by atoms with Crippen LogP contribution < -0.4 is 5.32 Å². The first-order valence-electron chi connectivity index (χ1n) is 13.8. The molecule has 2 heteroatoms. The number of hydrogen-bond acceptors (Lipinski definition) is 1. The van der Waals surface area contributed by atoms with Crippen molar-refractivity contribution in [1.82, 2.24) is 4.57 Å². The maximum absolute atomic E-state index is 3.75. The summed E-state index contributed by atoms with van der Waals surface area (Å²) in [5.41, 5.74) is 11.0. The summed E-state index contributed by atoms with van der Waals surface area (Å²) in [6.45, 7) is 0. The summed E-state index contributed by atoms with van der Waals surface area (Å²) in [5, 5.41) is 11.4. The van der Waals surface area contributed by atoms with Crippen LogP contribution in [0.25, 0.3) is 71.3 Å². The summed E-state index contributed by atoms with van der Waals surface area (Å²) in [6.07, 6.45) is 0. The Bertz CT molecular complexity index is 2290. The van der Waals surface area contributed by atoms with E-state index < -0.39 is 0 Å². The lowest BCUT2D eigenvalue weighted by atomic mass is 9.88. The highest BCUT2D eigenvalue weighted by Gasteiger charge is 2.21. The van der Waals surface area contributed by atoms with Gasteiger partial charge < -0.3 is 9.88 Å². The van der Waals surface area contributed by atoms with E-state index >= 15 is 0 Å². The molecule has 0 atom stereocenters. The molecule has 0 saturated heterocycles. The number of nitrogens with zero attached hydrogens (tertiary/aromatic N) is 1. The van der Waals surface area contributed by atoms with Crippen molar-refractivity contribution in [2.24, 2.45) is 0 Å². The first kappa shape index (κ1) is 21.6. The third kappa shape index (κ3) is 2.99. The third-order valence-electron chi connectivity index (χ3n) is 8.49. The van der Waals surface area contributed by atoms with Crippen LogP contribution in [0.5, 0.6) is 0 Å². The summed E-state index contributed by atoms with van der Waals surface area (Å²) in [4.78, 5) is 0. The summed E-state index contributed by atoms with van der Waals surface area (Å²) < 4.78 is 2.39. The van der Waals surface area contributed by atoms with Crippen LogP contribution >= 0.6 is 0 Å². The zero-order valence-corrected chi connectivity index (χ0v) is 21.7. The molecule has 0 aliphatic carbocycles. The lowest BCUT2D eigenvalue weighted by Crippen LogP contribution is -2.02. The first-order chi connectivity index (χ1) is 19.8. The van der Waals surface area contributed by atoms with Crippen LogP contribution in [-0.2, 0) is 0 Å². The molecule has 1 aliphatic rings. The number of nitrogens with one attached hydrogen (secondary N) is 1. The second kappa shape index (κ2) is 8.08. The molecule has 0 bridgehead atoms. The van der Waals surface area contributed by atoms with E-state index in [9.17, 15) is 0 Å². The molecule has 0 saturated carbocycles. The van der Waals surface area contributed by atoms with E-state index in [-0.39, 0.29) is 0 Å². The van der Waals surface area contributed by atoms with Crippen LogP contribution in [0.15, 0.2) is 140 Å². The van der Waals surface area contributed by atoms with Crippen molar-refractivity contribution in [3.63, 3.8) is 0 Å². The topological polar surface area (TPSA) is 17.0 Å². The maximum Gasteiger partial charge on any atom is 0.0547 e. The Labute approximate surface area is 231 Å². The van der Waals surface area contributed by atoms with Crippen LogP contribution in [0.2, 0.25) is 0 Å². The lowest BCUT2D eigenvalue weighted by molar-refractivity contribution is 1.18. The molecule has 0 fully saturated rings. The standard InChI is InChI=1S/C38H24N2/c1-2-11-27(12-3-1)40-36-16-7-6-13-29(36)30-18-17-26(23-37(30)40)28-19-20-34-38-31(28)14-8-15-32(38)33-21-24-9-4-5-10-25(24)22-35(33)39-34/h1-23,39H. The number of fused-ring (bicyclic) bond motifs is 6. The molecule has 40 heavy (non-hydrogen) atoms. The molecular formula is C38H24N2. The molecule has 0 spiro atoms. The fourth-order valence-electron chi connectivity index (χ4n) is 6.69. The zero-order chi connectivity index (χ0) is 26.2. The quantitative estimate of drug-likeness (QED) is 0.246. The van der Waals surface area contributed by atoms with Gasteiger partial charge in [-0.1, -0.05) is 97.1 Å². The highest BCUT2D eigenvalue weighted by atomic mass is 15.0. The van der Waals surface area contributed by atoms with Gasteiger partial charge >= 0.3 is 0 Å². The van der Waals surface area contributed by atoms with Crippen LogP contribution in [0, 0.1) is 0 Å². The molecule has 1 aromatic heterocycles. The molecule has 8 aromatic rings. The highest BCUT2D eigenvalue weighted by Crippen LogP contribution is 2.47. The fraction of sp³-hybridized carbons (Fsp3) is 0. The van der Waals surface area contributed by atoms with Gasteiger partial charge in [0, 0.05) is 38.8 Å². The Morgan fingerprint density at radius 3 is 2.08 bits per heavy atom. The summed E-state index contributed by atoms with van der Waals surface area (Å²) in [7, 11) is 0. The van der Waals surface area contributed by atoms with Gasteiger partial charge in [0.15, 0.2) is 0 Å². The Morgan fingerprint density at radius 1 is 0.425 bits per heavy atom. The van der Waals surface area contributed by atoms with E-state index in [1.54, 1.807) is 0 Å². The van der Waals surface area contributed by atoms with E-state index in [1.165, 1.54) is 77.0 Å². The van der Waals surface area contributed by atoms with Crippen molar-refractivity contribution in [3.05, 3.63) is 140 Å². The molecular weight excluding hydrogens is 484 g/mol. The predicted molar refractivity (Wildman–Crippen MR) is 170 cm³/mol. The van der Waals surface area contributed by atoms with Gasteiger partial charge in [-0.05, 0) is 75.3 Å². The van der Waals surface area contributed by atoms with Gasteiger partial charge in [0.05, 0.1) is 11.0 Å². The average Bonchev–Trinajstić information content (AvgIpc) is 3.34. The molecule has 186 valence electrons. The minimum absolute atomic E-state index is 1.16. The van der Waals surface area contributed by atoms with Crippen molar-refractivity contribution in [2.45, 2.75) is 0 Å². The number of rotatable bonds is 2. The SMILES string of the molecule is c1ccc(-n2c3ccccc3c3ccc(-c4ccc5c6c(cccc46)-c4cc6ccccc6cc4N5)cc32)cc1. The Morgan fingerprint density at radius 2 is 1.18 bits per heavy atom. The first-order valence-corrected chi connectivity index (χ1v) is 13.8. The van der Waals surface area contributed by atoms with E-state index in [4.69, 9.17) is 0 Å². The van der Waals surface area contributed by atoms with E-state index in [0.717, 1.165) is 5.69 Å². The number of hydrogen-bond donors (Lipinski definition) is 1. The van der Waals surface area contributed by atoms with E-state index in [1.807, 2.05) is 0 Å². The van der Waals surface area contributed by atoms with Gasteiger partial charge in [-0.15, -0.1) is 0 Å². The van der Waals surface area contributed by atoms with E-state index in [2.05, 4.69) is 149 Å². The van der Waals surface area contributed by atoms with Gasteiger partial charge in [0.1, 0.15) is 0 Å². The maximum atomic E-state index is 3.75. The fourth-order valence-corrected chi connectivity index (χ4v) is 6.69. The van der Waals surface area contributed by atoms with Gasteiger partial charge in [-0.3, -0.25) is 0 Å². The van der Waals surface area contributed by atoms with Crippen LogP contribution in [0.4, 0.5) is 11.4 Å². The van der Waals surface area contributed by atoms with Crippen molar-refractivity contribution in [3.8, 4) is 27.9 Å². The van der Waals surface area contributed by atoms with Gasteiger partial charge in [-0.25, -0.2) is 0 Å². The van der Waals surface area contributed by atoms with Crippen molar-refractivity contribution in [2.75, 3.05) is 5.32 Å². The highest BCUT2D eigenvalue weighted by molar-refractivity contribution is 6.17. The third-order valence-corrected chi connectivity index (χ3v) is 8.49. The Hall–Kier alpha value is -5.34. The monoisotopic (exact) mass is 508 g/mol. The zero-order valence-electron chi connectivity index (χ0n) is 21.7.